The van der Waals surface area contributed by atoms with Gasteiger partial charge in [0.05, 0.1) is 26.4 Å². The molecule has 0 radical (unpaired) electrons. The molecule has 3 unspecified atom stereocenters. The van der Waals surface area contributed by atoms with Crippen LogP contribution in [0.25, 0.3) is 0 Å². The Morgan fingerprint density at radius 2 is 0.671 bits per heavy atom. The van der Waals surface area contributed by atoms with Gasteiger partial charge in [-0.25, -0.2) is 9.13 Å². The summed E-state index contributed by atoms with van der Waals surface area (Å²) in [5, 5.41) is 10.5. The molecule has 0 aliphatic rings. The molecule has 76 heavy (non-hydrogen) atoms. The Hall–Kier alpha value is -1.94. The number of phosphoric ester groups is 2. The van der Waals surface area contributed by atoms with E-state index in [-0.39, 0.29) is 25.7 Å². The van der Waals surface area contributed by atoms with Crippen LogP contribution >= 0.6 is 15.6 Å². The fourth-order valence-electron chi connectivity index (χ4n) is 8.26. The minimum atomic E-state index is -4.94. The maximum atomic E-state index is 12.9. The molecule has 0 aromatic carbocycles. The second-order valence-corrected chi connectivity index (χ2v) is 24.3. The van der Waals surface area contributed by atoms with E-state index in [9.17, 15) is 43.2 Å². The molecule has 450 valence electrons. The van der Waals surface area contributed by atoms with Crippen LogP contribution in [0, 0.1) is 11.8 Å². The molecule has 0 heterocycles. The lowest BCUT2D eigenvalue weighted by Gasteiger charge is -2.21. The zero-order valence-electron chi connectivity index (χ0n) is 48.5. The van der Waals surface area contributed by atoms with Crippen LogP contribution in [0.3, 0.4) is 0 Å². The van der Waals surface area contributed by atoms with Crippen molar-refractivity contribution in [3.8, 4) is 0 Å². The van der Waals surface area contributed by atoms with Crippen LogP contribution in [0.1, 0.15) is 273 Å². The van der Waals surface area contributed by atoms with Gasteiger partial charge in [-0.3, -0.25) is 37.3 Å². The van der Waals surface area contributed by atoms with Crippen LogP contribution in [-0.2, 0) is 65.4 Å². The Bertz CT molecular complexity index is 1520. The van der Waals surface area contributed by atoms with Gasteiger partial charge in [0.15, 0.2) is 12.2 Å². The first-order valence-electron chi connectivity index (χ1n) is 30.0. The van der Waals surface area contributed by atoms with E-state index in [1.54, 1.807) is 0 Å². The van der Waals surface area contributed by atoms with Crippen LogP contribution < -0.4 is 0 Å². The fraction of sp³-hybridized carbons (Fsp3) is 0.930. The SMILES string of the molecule is CCCCCCCCCCC(=O)O[C@H](COC(=O)CCCCCCCCC)COP(=O)(O)OC[C@H](O)COP(=O)(O)OC[C@@H](COC(=O)CCCCCCCCC(C)C)OC(=O)CCCCCCCCCCC(C)CC. The van der Waals surface area contributed by atoms with Crippen LogP contribution in [0.2, 0.25) is 0 Å². The van der Waals surface area contributed by atoms with Crippen molar-refractivity contribution < 1.29 is 80.2 Å². The van der Waals surface area contributed by atoms with Gasteiger partial charge in [-0.05, 0) is 37.5 Å². The molecule has 3 N–H and O–H groups in total. The standard InChI is InChI=1S/C57H110O17P2/c1-7-10-12-14-16-21-29-35-41-56(61)73-52(45-67-54(59)39-33-27-19-15-13-11-8-2)47-71-75(63,64)69-43-51(58)44-70-76(65,66)72-48-53(46-68-55(60)40-34-28-24-23-25-31-37-49(4)5)74-57(62)42-36-30-22-18-17-20-26-32-38-50(6)9-3/h49-53,58H,7-48H2,1-6H3,(H,63,64)(H,65,66)/t50?,51-,52+,53+/m0/s1. The van der Waals surface area contributed by atoms with E-state index in [2.05, 4.69) is 41.5 Å². The predicted octanol–water partition coefficient (Wildman–Crippen LogP) is 14.9. The Morgan fingerprint density at radius 3 is 1.00 bits per heavy atom. The molecule has 0 rings (SSSR count). The van der Waals surface area contributed by atoms with Gasteiger partial charge in [-0.15, -0.1) is 0 Å². The van der Waals surface area contributed by atoms with Crippen molar-refractivity contribution in [1.29, 1.82) is 0 Å². The van der Waals surface area contributed by atoms with Crippen molar-refractivity contribution in [3.63, 3.8) is 0 Å². The van der Waals surface area contributed by atoms with Crippen molar-refractivity contribution in [2.24, 2.45) is 11.8 Å². The summed E-state index contributed by atoms with van der Waals surface area (Å²) in [5.41, 5.74) is 0. The van der Waals surface area contributed by atoms with Crippen molar-refractivity contribution in [2.45, 2.75) is 291 Å². The van der Waals surface area contributed by atoms with Crippen molar-refractivity contribution >= 4 is 39.5 Å². The number of ether oxygens (including phenoxy) is 4. The Balaban J connectivity index is 5.21. The number of unbranched alkanes of at least 4 members (excludes halogenated alkanes) is 25. The maximum absolute atomic E-state index is 12.9. The Morgan fingerprint density at radius 1 is 0.382 bits per heavy atom. The molecular formula is C57H110O17P2. The molecule has 0 spiro atoms. The lowest BCUT2D eigenvalue weighted by atomic mass is 9.99. The largest absolute Gasteiger partial charge is 0.472 e. The lowest BCUT2D eigenvalue weighted by Crippen LogP contribution is -2.30. The molecule has 0 amide bonds. The lowest BCUT2D eigenvalue weighted by molar-refractivity contribution is -0.161. The highest BCUT2D eigenvalue weighted by molar-refractivity contribution is 7.47. The Kier molecular flexibility index (Phi) is 48.8. The van der Waals surface area contributed by atoms with E-state index in [1.165, 1.54) is 64.2 Å². The second-order valence-electron chi connectivity index (χ2n) is 21.4. The average Bonchev–Trinajstić information content (AvgIpc) is 3.38. The van der Waals surface area contributed by atoms with Gasteiger partial charge in [0, 0.05) is 25.7 Å². The first-order valence-corrected chi connectivity index (χ1v) is 33.0. The van der Waals surface area contributed by atoms with Crippen molar-refractivity contribution in [2.75, 3.05) is 39.6 Å². The normalized spacial score (nSPS) is 14.9. The molecule has 0 aliphatic heterocycles. The van der Waals surface area contributed by atoms with E-state index >= 15 is 0 Å². The zero-order chi connectivity index (χ0) is 56.6. The summed E-state index contributed by atoms with van der Waals surface area (Å²) in [6.07, 6.45) is 29.6. The van der Waals surface area contributed by atoms with Crippen LogP contribution in [-0.4, -0.2) is 96.7 Å². The molecule has 19 heteroatoms. The third kappa shape index (κ3) is 50.3. The highest BCUT2D eigenvalue weighted by atomic mass is 31.2. The number of hydrogen-bond donors (Lipinski definition) is 3. The molecule has 0 saturated carbocycles. The number of carbonyl (C=O) groups is 4. The molecule has 0 aromatic heterocycles. The number of hydrogen-bond acceptors (Lipinski definition) is 15. The monoisotopic (exact) mass is 1130 g/mol. The number of rotatable bonds is 56. The van der Waals surface area contributed by atoms with Gasteiger partial charge >= 0.3 is 39.5 Å². The summed E-state index contributed by atoms with van der Waals surface area (Å²) in [4.78, 5) is 71.6. The minimum Gasteiger partial charge on any atom is -0.462 e. The van der Waals surface area contributed by atoms with E-state index in [0.717, 1.165) is 121 Å². The maximum Gasteiger partial charge on any atom is 0.472 e. The molecule has 6 atom stereocenters. The van der Waals surface area contributed by atoms with Crippen LogP contribution in [0.5, 0.6) is 0 Å². The summed E-state index contributed by atoms with van der Waals surface area (Å²) >= 11 is 0. The van der Waals surface area contributed by atoms with E-state index in [0.29, 0.717) is 31.6 Å². The van der Waals surface area contributed by atoms with Gasteiger partial charge in [-0.1, -0.05) is 221 Å². The third-order valence-electron chi connectivity index (χ3n) is 13.3. The number of phosphoric acid groups is 2. The Labute approximate surface area is 460 Å². The third-order valence-corrected chi connectivity index (χ3v) is 15.2. The summed E-state index contributed by atoms with van der Waals surface area (Å²) in [6, 6.07) is 0. The van der Waals surface area contributed by atoms with Crippen molar-refractivity contribution in [1.82, 2.24) is 0 Å². The van der Waals surface area contributed by atoms with Gasteiger partial charge in [0.2, 0.25) is 0 Å². The van der Waals surface area contributed by atoms with Gasteiger partial charge in [-0.2, -0.15) is 0 Å². The predicted molar refractivity (Wildman–Crippen MR) is 298 cm³/mol. The number of carbonyl (C=O) groups excluding carboxylic acids is 4. The molecule has 0 aliphatic carbocycles. The summed E-state index contributed by atoms with van der Waals surface area (Å²) < 4.78 is 67.5. The first-order chi connectivity index (χ1) is 36.4. The molecule has 0 fully saturated rings. The molecule has 17 nitrogen and oxygen atoms in total. The van der Waals surface area contributed by atoms with Crippen molar-refractivity contribution in [3.05, 3.63) is 0 Å². The van der Waals surface area contributed by atoms with E-state index in [4.69, 9.17) is 37.0 Å². The van der Waals surface area contributed by atoms with Gasteiger partial charge in [0.1, 0.15) is 19.3 Å². The first kappa shape index (κ1) is 74.1. The van der Waals surface area contributed by atoms with Crippen LogP contribution in [0.15, 0.2) is 0 Å². The summed E-state index contributed by atoms with van der Waals surface area (Å²) in [5.74, 6) is -0.705. The molecule has 0 bridgehead atoms. The number of aliphatic hydroxyl groups is 1. The second kappa shape index (κ2) is 50.1. The van der Waals surface area contributed by atoms with Gasteiger partial charge in [0.25, 0.3) is 0 Å². The van der Waals surface area contributed by atoms with E-state index in [1.807, 2.05) is 0 Å². The minimum absolute atomic E-state index is 0.104. The molecular weight excluding hydrogens is 1020 g/mol. The highest BCUT2D eigenvalue weighted by Gasteiger charge is 2.30. The van der Waals surface area contributed by atoms with Gasteiger partial charge < -0.3 is 33.8 Å². The zero-order valence-corrected chi connectivity index (χ0v) is 50.3. The van der Waals surface area contributed by atoms with E-state index < -0.39 is 97.5 Å². The summed E-state index contributed by atoms with van der Waals surface area (Å²) in [6.45, 7) is 9.28. The summed E-state index contributed by atoms with van der Waals surface area (Å²) in [7, 11) is -9.86. The fourth-order valence-corrected chi connectivity index (χ4v) is 9.84. The molecule has 0 saturated heterocycles. The quantitative estimate of drug-likeness (QED) is 0.0222. The topological polar surface area (TPSA) is 237 Å². The number of aliphatic hydroxyl groups excluding tert-OH is 1. The van der Waals surface area contributed by atoms with Crippen LogP contribution in [0.4, 0.5) is 0 Å². The number of esters is 4. The molecule has 0 aromatic rings. The average molecular weight is 1130 g/mol. The highest BCUT2D eigenvalue weighted by Crippen LogP contribution is 2.45. The smallest absolute Gasteiger partial charge is 0.462 e.